The fourth-order valence-corrected chi connectivity index (χ4v) is 8.12. The Hall–Kier alpha value is -0.340. The van der Waals surface area contributed by atoms with E-state index in [9.17, 15) is 19.8 Å². The quantitative estimate of drug-likeness (QED) is 0.632. The molecular formula is C25H35NaO6. The number of hydrogen-bond acceptors (Lipinski definition) is 6. The van der Waals surface area contributed by atoms with Gasteiger partial charge in [0.2, 0.25) is 0 Å². The number of ketones is 2. The van der Waals surface area contributed by atoms with Crippen LogP contribution in [0.3, 0.4) is 0 Å². The fraction of sp³-hybridized carbons (Fsp3) is 0.760. The molecule has 0 bridgehead atoms. The SMILES string of the molecule is CCCC1O[C@@H]2C[C@H]3[C@@H]4CCC5=CC(=O)C=C[C@]5(C)[C@H]4[C@@H](O)C[C@]3(C)[C@]2(C(=O)CO)O1.[NaH]. The third kappa shape index (κ3) is 3.10. The van der Waals surface area contributed by atoms with Gasteiger partial charge in [0.25, 0.3) is 0 Å². The van der Waals surface area contributed by atoms with Crippen molar-refractivity contribution in [3.63, 3.8) is 0 Å². The monoisotopic (exact) mass is 454 g/mol. The van der Waals surface area contributed by atoms with Crippen LogP contribution in [-0.2, 0) is 19.1 Å². The molecule has 9 atom stereocenters. The maximum absolute atomic E-state index is 13.2. The zero-order valence-electron chi connectivity index (χ0n) is 18.7. The summed E-state index contributed by atoms with van der Waals surface area (Å²) in [7, 11) is 0. The predicted octanol–water partition coefficient (Wildman–Crippen LogP) is 2.07. The summed E-state index contributed by atoms with van der Waals surface area (Å²) >= 11 is 0. The van der Waals surface area contributed by atoms with E-state index in [1.54, 1.807) is 12.2 Å². The van der Waals surface area contributed by atoms with Crippen LogP contribution in [0.2, 0.25) is 0 Å². The number of aliphatic hydroxyl groups excluding tert-OH is 2. The average molecular weight is 455 g/mol. The minimum atomic E-state index is -1.20. The van der Waals surface area contributed by atoms with E-state index >= 15 is 0 Å². The molecule has 0 radical (unpaired) electrons. The molecule has 4 fully saturated rings. The second kappa shape index (κ2) is 8.40. The Morgan fingerprint density at radius 2 is 2.06 bits per heavy atom. The topological polar surface area (TPSA) is 93.1 Å². The van der Waals surface area contributed by atoms with Crippen molar-refractivity contribution in [2.24, 2.45) is 28.6 Å². The molecule has 6 nitrogen and oxygen atoms in total. The third-order valence-electron chi connectivity index (χ3n) is 9.37. The molecule has 3 saturated carbocycles. The Morgan fingerprint density at radius 3 is 2.75 bits per heavy atom. The van der Waals surface area contributed by atoms with Gasteiger partial charge in [-0.15, -0.1) is 0 Å². The van der Waals surface area contributed by atoms with Crippen LogP contribution >= 0.6 is 0 Å². The summed E-state index contributed by atoms with van der Waals surface area (Å²) < 4.78 is 12.7. The molecule has 4 aliphatic carbocycles. The number of carbonyl (C=O) groups excluding carboxylic acids is 2. The molecule has 0 spiro atoms. The van der Waals surface area contributed by atoms with Crippen molar-refractivity contribution >= 4 is 41.1 Å². The fourth-order valence-electron chi connectivity index (χ4n) is 8.12. The van der Waals surface area contributed by atoms with Crippen molar-refractivity contribution in [1.82, 2.24) is 0 Å². The van der Waals surface area contributed by atoms with Gasteiger partial charge in [0.1, 0.15) is 6.61 Å². The minimum absolute atomic E-state index is 0. The molecule has 7 heteroatoms. The summed E-state index contributed by atoms with van der Waals surface area (Å²) in [4.78, 5) is 25.2. The van der Waals surface area contributed by atoms with Crippen LogP contribution in [0, 0.1) is 28.6 Å². The van der Waals surface area contributed by atoms with Crippen molar-refractivity contribution in [3.05, 3.63) is 23.8 Å². The second-order valence-electron chi connectivity index (χ2n) is 10.7. The van der Waals surface area contributed by atoms with Crippen LogP contribution in [0.5, 0.6) is 0 Å². The Morgan fingerprint density at radius 1 is 1.31 bits per heavy atom. The van der Waals surface area contributed by atoms with Crippen molar-refractivity contribution in [2.75, 3.05) is 6.61 Å². The van der Waals surface area contributed by atoms with Gasteiger partial charge in [0.15, 0.2) is 23.5 Å². The zero-order chi connectivity index (χ0) is 22.2. The predicted molar refractivity (Wildman–Crippen MR) is 120 cm³/mol. The molecule has 0 aromatic rings. The third-order valence-corrected chi connectivity index (χ3v) is 9.37. The van der Waals surface area contributed by atoms with Gasteiger partial charge in [-0.25, -0.2) is 0 Å². The van der Waals surface area contributed by atoms with Crippen LogP contribution in [0.25, 0.3) is 0 Å². The molecule has 0 aromatic heterocycles. The van der Waals surface area contributed by atoms with Gasteiger partial charge in [0, 0.05) is 16.7 Å². The summed E-state index contributed by atoms with van der Waals surface area (Å²) in [5.41, 5.74) is -1.05. The number of allylic oxidation sites excluding steroid dienone is 4. The summed E-state index contributed by atoms with van der Waals surface area (Å²) in [5, 5.41) is 21.4. The van der Waals surface area contributed by atoms with Gasteiger partial charge in [-0.05, 0) is 56.1 Å². The van der Waals surface area contributed by atoms with E-state index in [2.05, 4.69) is 20.8 Å². The molecule has 1 saturated heterocycles. The Labute approximate surface area is 212 Å². The maximum atomic E-state index is 13.2. The number of carbonyl (C=O) groups is 2. The Kier molecular flexibility index (Phi) is 6.50. The average Bonchev–Trinajstić information content (AvgIpc) is 3.20. The number of rotatable bonds is 4. The normalized spacial score (nSPS) is 48.8. The van der Waals surface area contributed by atoms with Gasteiger partial charge in [-0.1, -0.05) is 38.8 Å². The van der Waals surface area contributed by atoms with Crippen LogP contribution in [0.1, 0.15) is 59.3 Å². The van der Waals surface area contributed by atoms with Crippen LogP contribution < -0.4 is 0 Å². The zero-order valence-corrected chi connectivity index (χ0v) is 18.7. The summed E-state index contributed by atoms with van der Waals surface area (Å²) in [6.07, 6.45) is 8.31. The van der Waals surface area contributed by atoms with E-state index < -0.39 is 36.1 Å². The van der Waals surface area contributed by atoms with Gasteiger partial charge < -0.3 is 19.7 Å². The molecule has 5 aliphatic rings. The first-order chi connectivity index (χ1) is 14.7. The summed E-state index contributed by atoms with van der Waals surface area (Å²) in [5.74, 6) is 0.0274. The van der Waals surface area contributed by atoms with E-state index in [0.717, 1.165) is 24.8 Å². The first kappa shape index (κ1) is 24.8. The number of hydrogen-bond donors (Lipinski definition) is 2. The molecule has 1 unspecified atom stereocenters. The molecule has 1 aliphatic heterocycles. The van der Waals surface area contributed by atoms with Gasteiger partial charge >= 0.3 is 29.6 Å². The van der Waals surface area contributed by atoms with E-state index in [-0.39, 0.29) is 64.3 Å². The van der Waals surface area contributed by atoms with Crippen LogP contribution in [0.15, 0.2) is 23.8 Å². The Balaban J connectivity index is 0.00000245. The molecule has 172 valence electrons. The van der Waals surface area contributed by atoms with Crippen LogP contribution in [0.4, 0.5) is 0 Å². The van der Waals surface area contributed by atoms with Crippen molar-refractivity contribution in [1.29, 1.82) is 0 Å². The van der Waals surface area contributed by atoms with E-state index in [1.165, 1.54) is 0 Å². The second-order valence-corrected chi connectivity index (χ2v) is 10.7. The van der Waals surface area contributed by atoms with E-state index in [1.807, 2.05) is 6.08 Å². The molecule has 0 amide bonds. The number of aliphatic hydroxyl groups is 2. The first-order valence-electron chi connectivity index (χ1n) is 11.8. The number of fused-ring (bicyclic) bond motifs is 7. The molecule has 32 heavy (non-hydrogen) atoms. The molecular weight excluding hydrogens is 419 g/mol. The number of ether oxygens (including phenoxy) is 2. The van der Waals surface area contributed by atoms with Gasteiger partial charge in [-0.2, -0.15) is 0 Å². The van der Waals surface area contributed by atoms with E-state index in [0.29, 0.717) is 19.3 Å². The summed E-state index contributed by atoms with van der Waals surface area (Å²) in [6.45, 7) is 5.67. The molecule has 2 N–H and O–H groups in total. The molecule has 5 rings (SSSR count). The number of Topliss-reactive ketones (excluding diaryl/α,β-unsaturated/α-hetero) is 1. The standard InChI is InChI=1S/C25H34O6.Na.H/c1-4-5-21-30-20-11-17-16-7-6-14-10-15(27)8-9-23(14,2)22(16)18(28)12-24(17,3)25(20,31-21)19(29)13-26;;/h8-10,16-18,20-22,26,28H,4-7,11-13H2,1-3H3;;/t16-,17-,18-,20+,21?,22+,23-,24-,25+;;/m0../s1. The van der Waals surface area contributed by atoms with Crippen molar-refractivity contribution in [2.45, 2.75) is 83.4 Å². The van der Waals surface area contributed by atoms with Gasteiger partial charge in [-0.3, -0.25) is 9.59 Å². The van der Waals surface area contributed by atoms with Crippen molar-refractivity contribution < 1.29 is 29.3 Å². The Bertz CT molecular complexity index is 868. The van der Waals surface area contributed by atoms with E-state index in [4.69, 9.17) is 9.47 Å². The molecule has 1 heterocycles. The first-order valence-corrected chi connectivity index (χ1v) is 11.8. The van der Waals surface area contributed by atoms with Crippen molar-refractivity contribution in [3.8, 4) is 0 Å². The summed E-state index contributed by atoms with van der Waals surface area (Å²) in [6, 6.07) is 0. The molecule has 0 aromatic carbocycles. The van der Waals surface area contributed by atoms with Crippen LogP contribution in [-0.4, -0.2) is 82.0 Å². The van der Waals surface area contributed by atoms with Gasteiger partial charge in [0.05, 0.1) is 12.2 Å².